The Morgan fingerprint density at radius 2 is 1.07 bits per heavy atom. The smallest absolute Gasteiger partial charge is 0.227 e. The Morgan fingerprint density at radius 1 is 0.655 bits per heavy atom. The van der Waals surface area contributed by atoms with Gasteiger partial charge in [0.15, 0.2) is 5.16 Å². The quantitative estimate of drug-likeness (QED) is 0.223. The van der Waals surface area contributed by atoms with Crippen LogP contribution in [0, 0.1) is 12.9 Å². The first-order valence-corrected chi connectivity index (χ1v) is 7.88. The van der Waals surface area contributed by atoms with Crippen molar-refractivity contribution in [3.63, 3.8) is 0 Å². The summed E-state index contributed by atoms with van der Waals surface area (Å²) in [5.74, 6) is -40.9. The third-order valence-electron chi connectivity index (χ3n) is 3.46. The second kappa shape index (κ2) is 7.01. The van der Waals surface area contributed by atoms with Crippen LogP contribution in [0.25, 0.3) is 0 Å². The van der Waals surface area contributed by atoms with E-state index in [4.69, 9.17) is 0 Å². The van der Waals surface area contributed by atoms with E-state index in [-0.39, 0.29) is 0 Å². The molecule has 2 nitrogen and oxygen atoms in total. The summed E-state index contributed by atoms with van der Waals surface area (Å²) in [6, 6.07) is 0. The third-order valence-corrected chi connectivity index (χ3v) is 4.00. The molecular formula is C12H6F14N2S. The minimum Gasteiger partial charge on any atom is -0.227 e. The summed E-state index contributed by atoms with van der Waals surface area (Å²) < 4.78 is 184. The zero-order valence-corrected chi connectivity index (χ0v) is 14.4. The second-order valence-corrected chi connectivity index (χ2v) is 6.10. The molecule has 17 heteroatoms. The van der Waals surface area contributed by atoms with Gasteiger partial charge in [-0.05, 0) is 13.2 Å². The van der Waals surface area contributed by atoms with Crippen molar-refractivity contribution < 1.29 is 61.5 Å². The highest BCUT2D eigenvalue weighted by Gasteiger charge is 2.91. The SMILES string of the molecule is CSc1nc(C)c(C(F)(F)C(F)(F)C(F)(F)C(F)(F)C(F)(F)C(F)(F)F)c(F)n1. The van der Waals surface area contributed by atoms with Gasteiger partial charge in [0.25, 0.3) is 0 Å². The van der Waals surface area contributed by atoms with Crippen LogP contribution in [0.4, 0.5) is 61.5 Å². The maximum absolute atomic E-state index is 14.0. The van der Waals surface area contributed by atoms with E-state index < -0.39 is 58.2 Å². The van der Waals surface area contributed by atoms with E-state index in [2.05, 4.69) is 9.97 Å². The summed E-state index contributed by atoms with van der Waals surface area (Å²) in [5.41, 5.74) is -4.26. The van der Waals surface area contributed by atoms with Gasteiger partial charge in [-0.2, -0.15) is 66.4 Å². The first-order valence-electron chi connectivity index (χ1n) is 6.65. The van der Waals surface area contributed by atoms with Gasteiger partial charge in [-0.15, -0.1) is 0 Å². The molecule has 0 bridgehead atoms. The number of halogens is 14. The van der Waals surface area contributed by atoms with Gasteiger partial charge in [0.05, 0.1) is 5.69 Å². The molecule has 0 unspecified atom stereocenters. The minimum atomic E-state index is -8.06. The average molecular weight is 476 g/mol. The topological polar surface area (TPSA) is 25.8 Å². The lowest BCUT2D eigenvalue weighted by atomic mass is 9.90. The molecule has 1 heterocycles. The van der Waals surface area contributed by atoms with E-state index in [0.717, 1.165) is 6.26 Å². The average Bonchev–Trinajstić information content (AvgIpc) is 2.51. The Labute approximate surface area is 155 Å². The molecule has 0 aliphatic heterocycles. The maximum Gasteiger partial charge on any atom is 0.460 e. The third kappa shape index (κ3) is 3.48. The fourth-order valence-corrected chi connectivity index (χ4v) is 2.29. The van der Waals surface area contributed by atoms with Crippen LogP contribution in [-0.4, -0.2) is 46.1 Å². The molecule has 0 fully saturated rings. The predicted molar refractivity (Wildman–Crippen MR) is 68.2 cm³/mol. The number of aromatic nitrogens is 2. The van der Waals surface area contributed by atoms with Gasteiger partial charge in [-0.1, -0.05) is 11.8 Å². The fourth-order valence-electron chi connectivity index (χ4n) is 1.89. The molecule has 0 atom stereocenters. The molecular weight excluding hydrogens is 470 g/mol. The Bertz CT molecular complexity index is 749. The van der Waals surface area contributed by atoms with Gasteiger partial charge in [-0.25, -0.2) is 4.98 Å². The number of hydrogen-bond acceptors (Lipinski definition) is 3. The van der Waals surface area contributed by atoms with E-state index >= 15 is 0 Å². The summed E-state index contributed by atoms with van der Waals surface area (Å²) >= 11 is 0.453. The first-order chi connectivity index (χ1) is 12.6. The van der Waals surface area contributed by atoms with Crippen LogP contribution in [-0.2, 0) is 5.92 Å². The molecule has 29 heavy (non-hydrogen) atoms. The van der Waals surface area contributed by atoms with E-state index in [1.165, 1.54) is 0 Å². The highest BCUT2D eigenvalue weighted by Crippen LogP contribution is 2.62. The summed E-state index contributed by atoms with van der Waals surface area (Å²) in [6.07, 6.45) is -6.38. The molecule has 0 saturated heterocycles. The molecule has 0 amide bonds. The van der Waals surface area contributed by atoms with E-state index in [0.29, 0.717) is 18.7 Å². The molecule has 0 spiro atoms. The van der Waals surface area contributed by atoms with Crippen molar-refractivity contribution in [2.45, 2.75) is 47.9 Å². The lowest BCUT2D eigenvalue weighted by Crippen LogP contribution is -2.69. The molecule has 168 valence electrons. The Hall–Kier alpha value is -1.55. The van der Waals surface area contributed by atoms with Crippen LogP contribution >= 0.6 is 11.8 Å². The van der Waals surface area contributed by atoms with Crippen molar-refractivity contribution in [1.29, 1.82) is 0 Å². The predicted octanol–water partition coefficient (Wildman–Crippen LogP) is 5.84. The number of nitrogens with zero attached hydrogens (tertiary/aromatic N) is 2. The Morgan fingerprint density at radius 3 is 1.41 bits per heavy atom. The van der Waals surface area contributed by atoms with Crippen molar-refractivity contribution in [1.82, 2.24) is 9.97 Å². The summed E-state index contributed by atoms with van der Waals surface area (Å²) in [6.45, 7) is 0.338. The molecule has 0 N–H and O–H groups in total. The van der Waals surface area contributed by atoms with Gasteiger partial charge in [0, 0.05) is 0 Å². The van der Waals surface area contributed by atoms with Crippen molar-refractivity contribution in [2.24, 2.45) is 0 Å². The number of rotatable bonds is 6. The summed E-state index contributed by atoms with van der Waals surface area (Å²) in [4.78, 5) is 5.58. The van der Waals surface area contributed by atoms with Crippen LogP contribution in [0.3, 0.4) is 0 Å². The largest absolute Gasteiger partial charge is 0.460 e. The highest BCUT2D eigenvalue weighted by molar-refractivity contribution is 7.98. The molecule has 0 aromatic carbocycles. The van der Waals surface area contributed by atoms with Crippen molar-refractivity contribution in [3.8, 4) is 0 Å². The van der Waals surface area contributed by atoms with E-state index in [1.807, 2.05) is 0 Å². The van der Waals surface area contributed by atoms with Crippen LogP contribution in [0.1, 0.15) is 11.3 Å². The maximum atomic E-state index is 14.0. The van der Waals surface area contributed by atoms with Crippen LogP contribution in [0.5, 0.6) is 0 Å². The minimum absolute atomic E-state index is 0.338. The number of alkyl halides is 13. The number of thioether (sulfide) groups is 1. The Balaban J connectivity index is 3.72. The van der Waals surface area contributed by atoms with Crippen LogP contribution < -0.4 is 0 Å². The van der Waals surface area contributed by atoms with Crippen molar-refractivity contribution in [2.75, 3.05) is 6.26 Å². The number of hydrogen-bond donors (Lipinski definition) is 0. The fraction of sp³-hybridized carbons (Fsp3) is 0.667. The van der Waals surface area contributed by atoms with Crippen molar-refractivity contribution >= 4 is 11.8 Å². The van der Waals surface area contributed by atoms with Crippen LogP contribution in [0.15, 0.2) is 5.16 Å². The standard InChI is InChI=1S/C12H6F14N2S/c1-3-4(5(13)28-6(27-3)29-2)7(14,15)8(16,17)9(18,19)10(20,21)11(22,23)12(24,25)26/h1-2H3. The van der Waals surface area contributed by atoms with Gasteiger partial charge in [0.2, 0.25) is 5.95 Å². The molecule has 0 aliphatic carbocycles. The molecule has 0 saturated carbocycles. The molecule has 0 radical (unpaired) electrons. The van der Waals surface area contributed by atoms with Gasteiger partial charge < -0.3 is 0 Å². The van der Waals surface area contributed by atoms with Crippen molar-refractivity contribution in [3.05, 3.63) is 17.2 Å². The lowest BCUT2D eigenvalue weighted by molar-refractivity contribution is -0.442. The monoisotopic (exact) mass is 476 g/mol. The normalized spacial score (nSPS) is 15.0. The van der Waals surface area contributed by atoms with Gasteiger partial charge in [-0.3, -0.25) is 0 Å². The first kappa shape index (κ1) is 25.5. The molecule has 1 rings (SSSR count). The van der Waals surface area contributed by atoms with E-state index in [9.17, 15) is 61.5 Å². The molecule has 1 aromatic heterocycles. The highest BCUT2D eigenvalue weighted by atomic mass is 32.2. The van der Waals surface area contributed by atoms with Crippen LogP contribution in [0.2, 0.25) is 0 Å². The molecule has 1 aromatic rings. The zero-order chi connectivity index (χ0) is 23.4. The van der Waals surface area contributed by atoms with E-state index in [1.54, 1.807) is 0 Å². The summed E-state index contributed by atoms with van der Waals surface area (Å²) in [7, 11) is 0. The second-order valence-electron chi connectivity index (χ2n) is 5.33. The number of aryl methyl sites for hydroxylation is 1. The molecule has 0 aliphatic rings. The Kier molecular flexibility index (Phi) is 6.16. The van der Waals surface area contributed by atoms with Gasteiger partial charge >= 0.3 is 35.8 Å². The summed E-state index contributed by atoms with van der Waals surface area (Å²) in [5, 5.41) is -0.691. The zero-order valence-electron chi connectivity index (χ0n) is 13.6. The lowest BCUT2D eigenvalue weighted by Gasteiger charge is -2.39. The van der Waals surface area contributed by atoms with Gasteiger partial charge in [0.1, 0.15) is 5.56 Å².